The van der Waals surface area contributed by atoms with E-state index in [0.717, 1.165) is 25.8 Å². The van der Waals surface area contributed by atoms with Crippen molar-refractivity contribution in [3.8, 4) is 0 Å². The van der Waals surface area contributed by atoms with Crippen LogP contribution in [0.15, 0.2) is 0 Å². The van der Waals surface area contributed by atoms with Gasteiger partial charge in [-0.1, -0.05) is 13.8 Å². The van der Waals surface area contributed by atoms with Gasteiger partial charge < -0.3 is 10.6 Å². The Labute approximate surface area is 80.3 Å². The fourth-order valence-electron chi connectivity index (χ4n) is 2.07. The average molecular weight is 184 g/mol. The minimum atomic E-state index is -0.00694. The molecule has 2 N–H and O–H groups in total. The number of hydrogen-bond donors (Lipinski definition) is 2. The second-order valence-electron chi connectivity index (χ2n) is 3.54. The van der Waals surface area contributed by atoms with Crippen LogP contribution in [0.1, 0.15) is 33.1 Å². The molecule has 2 rings (SSSR count). The minimum absolute atomic E-state index is 0.00694. The normalized spacial score (nSPS) is 28.8. The summed E-state index contributed by atoms with van der Waals surface area (Å²) in [6, 6.07) is 0.427. The first kappa shape index (κ1) is 10.5. The zero-order valence-corrected chi connectivity index (χ0v) is 8.81. The van der Waals surface area contributed by atoms with Crippen LogP contribution in [-0.4, -0.2) is 25.5 Å². The molecule has 1 spiro atoms. The molecule has 0 aromatic rings. The van der Waals surface area contributed by atoms with Gasteiger partial charge in [0.05, 0.1) is 5.41 Å². The summed E-state index contributed by atoms with van der Waals surface area (Å²) < 4.78 is 0. The predicted octanol–water partition coefficient (Wildman–Crippen LogP) is 0.901. The van der Waals surface area contributed by atoms with Gasteiger partial charge in [-0.05, 0) is 26.3 Å². The summed E-state index contributed by atoms with van der Waals surface area (Å²) in [6.45, 7) is 4.84. The third-order valence-electron chi connectivity index (χ3n) is 2.97. The Morgan fingerprint density at radius 3 is 2.46 bits per heavy atom. The van der Waals surface area contributed by atoms with Gasteiger partial charge in [0.2, 0.25) is 5.91 Å². The van der Waals surface area contributed by atoms with Gasteiger partial charge >= 0.3 is 0 Å². The van der Waals surface area contributed by atoms with E-state index in [1.807, 2.05) is 20.9 Å². The third-order valence-corrected chi connectivity index (χ3v) is 2.97. The number of rotatable bonds is 1. The van der Waals surface area contributed by atoms with Crippen molar-refractivity contribution in [2.45, 2.75) is 39.2 Å². The van der Waals surface area contributed by atoms with Gasteiger partial charge in [0.1, 0.15) is 0 Å². The number of carbonyl (C=O) groups is 1. The van der Waals surface area contributed by atoms with Gasteiger partial charge in [-0.2, -0.15) is 0 Å². The molecule has 1 aliphatic carbocycles. The molecular formula is C10H20N2O. The van der Waals surface area contributed by atoms with Crippen molar-refractivity contribution in [3.05, 3.63) is 0 Å². The number of piperidine rings is 1. The second-order valence-corrected chi connectivity index (χ2v) is 3.54. The number of amides is 1. The lowest BCUT2D eigenvalue weighted by atomic mass is 9.89. The topological polar surface area (TPSA) is 41.1 Å². The first-order valence-electron chi connectivity index (χ1n) is 5.25. The molecule has 3 heteroatoms. The van der Waals surface area contributed by atoms with Crippen molar-refractivity contribution in [3.63, 3.8) is 0 Å². The van der Waals surface area contributed by atoms with Crippen LogP contribution >= 0.6 is 0 Å². The van der Waals surface area contributed by atoms with Crippen molar-refractivity contribution >= 4 is 5.91 Å². The molecule has 1 atom stereocenters. The number of hydrogen-bond acceptors (Lipinski definition) is 2. The largest absolute Gasteiger partial charge is 0.356 e. The zero-order chi connectivity index (χ0) is 9.90. The van der Waals surface area contributed by atoms with Gasteiger partial charge in [-0.25, -0.2) is 0 Å². The molecule has 1 amide bonds. The van der Waals surface area contributed by atoms with Crippen LogP contribution in [0.3, 0.4) is 0 Å². The molecule has 0 bridgehead atoms. The zero-order valence-electron chi connectivity index (χ0n) is 8.81. The van der Waals surface area contributed by atoms with E-state index >= 15 is 0 Å². The van der Waals surface area contributed by atoms with Gasteiger partial charge in [0.25, 0.3) is 0 Å². The van der Waals surface area contributed by atoms with Gasteiger partial charge in [-0.3, -0.25) is 4.79 Å². The Bertz CT molecular complexity index is 187. The highest BCUT2D eigenvalue weighted by atomic mass is 16.2. The average Bonchev–Trinajstić information content (AvgIpc) is 2.95. The molecule has 13 heavy (non-hydrogen) atoms. The van der Waals surface area contributed by atoms with Crippen LogP contribution in [0.2, 0.25) is 0 Å². The van der Waals surface area contributed by atoms with Crippen LogP contribution in [0.4, 0.5) is 0 Å². The van der Waals surface area contributed by atoms with Gasteiger partial charge in [0, 0.05) is 12.6 Å². The van der Waals surface area contributed by atoms with E-state index in [1.54, 1.807) is 0 Å². The highest BCUT2D eigenvalue weighted by Crippen LogP contribution is 2.50. The number of nitrogens with one attached hydrogen (secondary N) is 2. The third kappa shape index (κ3) is 1.70. The van der Waals surface area contributed by atoms with Gasteiger partial charge in [-0.15, -0.1) is 0 Å². The van der Waals surface area contributed by atoms with Crippen molar-refractivity contribution in [1.29, 1.82) is 0 Å². The summed E-state index contributed by atoms with van der Waals surface area (Å²) in [5.41, 5.74) is -0.00694. The highest BCUT2D eigenvalue weighted by molar-refractivity contribution is 5.87. The van der Waals surface area contributed by atoms with Gasteiger partial charge in [0.15, 0.2) is 0 Å². The lowest BCUT2D eigenvalue weighted by molar-refractivity contribution is -0.129. The molecule has 1 saturated heterocycles. The Hall–Kier alpha value is -0.570. The molecule has 2 aliphatic rings. The molecule has 76 valence electrons. The lowest BCUT2D eigenvalue weighted by Crippen LogP contribution is -2.51. The molecule has 1 saturated carbocycles. The SMILES string of the molecule is CC.CNC1CCNC(=O)C12CC2. The molecule has 1 unspecified atom stereocenters. The maximum atomic E-state index is 11.4. The second kappa shape index (κ2) is 4.09. The van der Waals surface area contributed by atoms with E-state index in [-0.39, 0.29) is 11.3 Å². The van der Waals surface area contributed by atoms with E-state index in [9.17, 15) is 4.79 Å². The molecule has 1 heterocycles. The first-order chi connectivity index (χ1) is 6.29. The summed E-state index contributed by atoms with van der Waals surface area (Å²) >= 11 is 0. The van der Waals surface area contributed by atoms with Crippen LogP contribution in [-0.2, 0) is 4.79 Å². The first-order valence-corrected chi connectivity index (χ1v) is 5.25. The maximum absolute atomic E-state index is 11.4. The predicted molar refractivity (Wildman–Crippen MR) is 53.5 cm³/mol. The lowest BCUT2D eigenvalue weighted by Gasteiger charge is -2.30. The summed E-state index contributed by atoms with van der Waals surface area (Å²) in [7, 11) is 1.95. The van der Waals surface area contributed by atoms with E-state index in [0.29, 0.717) is 6.04 Å². The molecule has 0 radical (unpaired) electrons. The fourth-order valence-corrected chi connectivity index (χ4v) is 2.07. The Morgan fingerprint density at radius 2 is 2.08 bits per heavy atom. The smallest absolute Gasteiger partial charge is 0.227 e. The van der Waals surface area contributed by atoms with Crippen LogP contribution in [0.25, 0.3) is 0 Å². The van der Waals surface area contributed by atoms with Crippen molar-refractivity contribution in [1.82, 2.24) is 10.6 Å². The van der Waals surface area contributed by atoms with Crippen molar-refractivity contribution < 1.29 is 4.79 Å². The number of carbonyl (C=O) groups excluding carboxylic acids is 1. The molecule has 0 aromatic carbocycles. The molecule has 0 aromatic heterocycles. The molecule has 1 aliphatic heterocycles. The fraction of sp³-hybridized carbons (Fsp3) is 0.900. The molecular weight excluding hydrogens is 164 g/mol. The standard InChI is InChI=1S/C8H14N2O.C2H6/c1-9-6-2-5-10-7(11)8(6)3-4-8;1-2/h6,9H,2-5H2,1H3,(H,10,11);1-2H3. The quantitative estimate of drug-likeness (QED) is 0.635. The monoisotopic (exact) mass is 184 g/mol. The van der Waals surface area contributed by atoms with Crippen LogP contribution < -0.4 is 10.6 Å². The van der Waals surface area contributed by atoms with E-state index < -0.39 is 0 Å². The summed E-state index contributed by atoms with van der Waals surface area (Å²) in [5.74, 6) is 0.267. The highest BCUT2D eigenvalue weighted by Gasteiger charge is 2.56. The van der Waals surface area contributed by atoms with Crippen LogP contribution in [0.5, 0.6) is 0 Å². The van der Waals surface area contributed by atoms with Crippen LogP contribution in [0, 0.1) is 5.41 Å². The van der Waals surface area contributed by atoms with E-state index in [1.165, 1.54) is 0 Å². The summed E-state index contributed by atoms with van der Waals surface area (Å²) in [4.78, 5) is 11.4. The van der Waals surface area contributed by atoms with E-state index in [2.05, 4.69) is 10.6 Å². The minimum Gasteiger partial charge on any atom is -0.356 e. The Morgan fingerprint density at radius 1 is 1.46 bits per heavy atom. The Kier molecular flexibility index (Phi) is 3.31. The Balaban J connectivity index is 0.000000396. The van der Waals surface area contributed by atoms with E-state index in [4.69, 9.17) is 0 Å². The van der Waals surface area contributed by atoms with Crippen molar-refractivity contribution in [2.24, 2.45) is 5.41 Å². The molecule has 2 fully saturated rings. The molecule has 3 nitrogen and oxygen atoms in total. The van der Waals surface area contributed by atoms with Crippen molar-refractivity contribution in [2.75, 3.05) is 13.6 Å². The summed E-state index contributed by atoms with van der Waals surface area (Å²) in [6.07, 6.45) is 3.23. The maximum Gasteiger partial charge on any atom is 0.227 e. The summed E-state index contributed by atoms with van der Waals surface area (Å²) in [5, 5.41) is 6.15.